The molecule has 2 heterocycles. The van der Waals surface area contributed by atoms with Crippen molar-refractivity contribution in [2.75, 3.05) is 0 Å². The summed E-state index contributed by atoms with van der Waals surface area (Å²) in [7, 11) is 1.84. The smallest absolute Gasteiger partial charge is 0.268 e. The molecule has 6 nitrogen and oxygen atoms in total. The van der Waals surface area contributed by atoms with Crippen molar-refractivity contribution in [1.82, 2.24) is 20.1 Å². The summed E-state index contributed by atoms with van der Waals surface area (Å²) >= 11 is 0. The number of H-pyrrole nitrogens is 1. The third kappa shape index (κ3) is 2.36. The van der Waals surface area contributed by atoms with Gasteiger partial charge in [0.05, 0.1) is 5.69 Å². The molecule has 1 amide bonds. The number of nitrogens with zero attached hydrogens (tertiary/aromatic N) is 2. The number of carbonyl (C=O) groups excluding carboxylic acids is 1. The maximum Gasteiger partial charge on any atom is 0.268 e. The Bertz CT molecular complexity index is 701. The van der Waals surface area contributed by atoms with E-state index in [4.69, 9.17) is 0 Å². The van der Waals surface area contributed by atoms with Crippen LogP contribution in [0.4, 0.5) is 0 Å². The van der Waals surface area contributed by atoms with E-state index < -0.39 is 0 Å². The predicted octanol–water partition coefficient (Wildman–Crippen LogP) is 0.396. The average Bonchev–Trinajstić information content (AvgIpc) is 2.84. The zero-order valence-corrected chi connectivity index (χ0v) is 11.2. The normalized spacial score (nSPS) is 17.6. The van der Waals surface area contributed by atoms with Gasteiger partial charge in [0.2, 0.25) is 0 Å². The molecular weight excluding hydrogens is 256 g/mol. The monoisotopic (exact) mass is 272 g/mol. The molecule has 0 aromatic carbocycles. The maximum absolute atomic E-state index is 12.2. The van der Waals surface area contributed by atoms with E-state index in [1.54, 1.807) is 16.7 Å². The first-order chi connectivity index (χ1) is 9.63. The largest absolute Gasteiger partial charge is 0.348 e. The standard InChI is InChI=1S/C14H16N4O2/c1-18-6-2-3-12(18)14(20)15-10-4-5-11-9(7-10)8-13(19)17-16-11/h2-3,6,8,10H,4-5,7H2,1H3,(H,15,20)(H,17,19). The van der Waals surface area contributed by atoms with Gasteiger partial charge in [0, 0.05) is 25.4 Å². The zero-order valence-electron chi connectivity index (χ0n) is 11.2. The lowest BCUT2D eigenvalue weighted by Crippen LogP contribution is -2.40. The minimum atomic E-state index is -0.196. The number of carbonyl (C=O) groups is 1. The van der Waals surface area contributed by atoms with Crippen molar-refractivity contribution in [2.24, 2.45) is 7.05 Å². The minimum Gasteiger partial charge on any atom is -0.348 e. The van der Waals surface area contributed by atoms with Crippen LogP contribution in [0.2, 0.25) is 0 Å². The van der Waals surface area contributed by atoms with Gasteiger partial charge < -0.3 is 9.88 Å². The van der Waals surface area contributed by atoms with Crippen LogP contribution in [0.15, 0.2) is 29.2 Å². The lowest BCUT2D eigenvalue weighted by atomic mass is 9.92. The van der Waals surface area contributed by atoms with Crippen LogP contribution in [-0.2, 0) is 19.9 Å². The van der Waals surface area contributed by atoms with E-state index in [0.29, 0.717) is 12.1 Å². The van der Waals surface area contributed by atoms with E-state index in [2.05, 4.69) is 15.5 Å². The van der Waals surface area contributed by atoms with Crippen LogP contribution in [0.3, 0.4) is 0 Å². The van der Waals surface area contributed by atoms with Gasteiger partial charge in [-0.05, 0) is 37.0 Å². The molecule has 0 bridgehead atoms. The molecule has 1 atom stereocenters. The highest BCUT2D eigenvalue weighted by atomic mass is 16.2. The molecule has 0 spiro atoms. The summed E-state index contributed by atoms with van der Waals surface area (Å²) < 4.78 is 1.79. The lowest BCUT2D eigenvalue weighted by molar-refractivity contribution is 0.0925. The Hall–Kier alpha value is -2.37. The zero-order chi connectivity index (χ0) is 14.1. The highest BCUT2D eigenvalue weighted by molar-refractivity contribution is 5.92. The molecule has 1 aliphatic rings. The van der Waals surface area contributed by atoms with Gasteiger partial charge in [0.25, 0.3) is 11.5 Å². The van der Waals surface area contributed by atoms with Gasteiger partial charge in [0.1, 0.15) is 5.69 Å². The van der Waals surface area contributed by atoms with Crippen LogP contribution in [0, 0.1) is 0 Å². The first kappa shape index (κ1) is 12.7. The number of hydrogen-bond acceptors (Lipinski definition) is 3. The van der Waals surface area contributed by atoms with Crippen LogP contribution in [0.25, 0.3) is 0 Å². The van der Waals surface area contributed by atoms with E-state index in [0.717, 1.165) is 24.1 Å². The Kier molecular flexibility index (Phi) is 3.14. The topological polar surface area (TPSA) is 79.8 Å². The van der Waals surface area contributed by atoms with Crippen LogP contribution >= 0.6 is 0 Å². The summed E-state index contributed by atoms with van der Waals surface area (Å²) in [6.07, 6.45) is 4.10. The molecule has 0 radical (unpaired) electrons. The van der Waals surface area contributed by atoms with Gasteiger partial charge in [-0.2, -0.15) is 5.10 Å². The molecule has 2 aromatic heterocycles. The molecule has 3 rings (SSSR count). The number of aryl methyl sites for hydroxylation is 2. The third-order valence-corrected chi connectivity index (χ3v) is 3.68. The molecule has 1 aliphatic carbocycles. The Morgan fingerprint density at radius 1 is 1.55 bits per heavy atom. The fourth-order valence-electron chi connectivity index (χ4n) is 2.62. The summed E-state index contributed by atoms with van der Waals surface area (Å²) in [6, 6.07) is 5.25. The molecule has 104 valence electrons. The highest BCUT2D eigenvalue weighted by Gasteiger charge is 2.22. The fraction of sp³-hybridized carbons (Fsp3) is 0.357. The number of aromatic nitrogens is 3. The van der Waals surface area contributed by atoms with E-state index in [1.165, 1.54) is 0 Å². The third-order valence-electron chi connectivity index (χ3n) is 3.68. The number of rotatable bonds is 2. The first-order valence-corrected chi connectivity index (χ1v) is 6.63. The van der Waals surface area contributed by atoms with E-state index >= 15 is 0 Å². The van der Waals surface area contributed by atoms with Crippen molar-refractivity contribution < 1.29 is 4.79 Å². The van der Waals surface area contributed by atoms with Crippen molar-refractivity contribution in [3.63, 3.8) is 0 Å². The van der Waals surface area contributed by atoms with Gasteiger partial charge in [0.15, 0.2) is 0 Å². The van der Waals surface area contributed by atoms with Gasteiger partial charge in [-0.3, -0.25) is 9.59 Å². The number of amides is 1. The van der Waals surface area contributed by atoms with Crippen molar-refractivity contribution in [3.05, 3.63) is 51.7 Å². The molecule has 6 heteroatoms. The number of fused-ring (bicyclic) bond motifs is 1. The first-order valence-electron chi connectivity index (χ1n) is 6.63. The van der Waals surface area contributed by atoms with Crippen molar-refractivity contribution in [1.29, 1.82) is 0 Å². The van der Waals surface area contributed by atoms with Gasteiger partial charge in [-0.25, -0.2) is 5.10 Å². The summed E-state index contributed by atoms with van der Waals surface area (Å²) in [6.45, 7) is 0. The van der Waals surface area contributed by atoms with Crippen molar-refractivity contribution in [2.45, 2.75) is 25.3 Å². The van der Waals surface area contributed by atoms with E-state index in [9.17, 15) is 9.59 Å². The molecule has 0 saturated carbocycles. The highest BCUT2D eigenvalue weighted by Crippen LogP contribution is 2.18. The molecule has 2 aromatic rings. The summed E-state index contributed by atoms with van der Waals surface area (Å²) in [5.74, 6) is -0.0799. The fourth-order valence-corrected chi connectivity index (χ4v) is 2.62. The molecule has 0 fully saturated rings. The summed E-state index contributed by atoms with van der Waals surface area (Å²) in [5.41, 5.74) is 2.30. The number of aromatic amines is 1. The van der Waals surface area contributed by atoms with E-state index in [-0.39, 0.29) is 17.5 Å². The second kappa shape index (κ2) is 4.96. The summed E-state index contributed by atoms with van der Waals surface area (Å²) in [5, 5.41) is 9.51. The molecule has 20 heavy (non-hydrogen) atoms. The van der Waals surface area contributed by atoms with Crippen LogP contribution in [0.1, 0.15) is 28.2 Å². The lowest BCUT2D eigenvalue weighted by Gasteiger charge is -2.24. The average molecular weight is 272 g/mol. The molecule has 1 unspecified atom stereocenters. The Labute approximate surface area is 115 Å². The van der Waals surface area contributed by atoms with Gasteiger partial charge in [-0.15, -0.1) is 0 Å². The van der Waals surface area contributed by atoms with E-state index in [1.807, 2.05) is 19.3 Å². The Morgan fingerprint density at radius 2 is 2.40 bits per heavy atom. The number of nitrogens with one attached hydrogen (secondary N) is 2. The van der Waals surface area contributed by atoms with Gasteiger partial charge in [-0.1, -0.05) is 0 Å². The van der Waals surface area contributed by atoms with Crippen molar-refractivity contribution >= 4 is 5.91 Å². The molecular formula is C14H16N4O2. The minimum absolute atomic E-state index is 0.0495. The molecule has 2 N–H and O–H groups in total. The Balaban J connectivity index is 1.73. The molecule has 0 saturated heterocycles. The predicted molar refractivity (Wildman–Crippen MR) is 73.5 cm³/mol. The SMILES string of the molecule is Cn1cccc1C(=O)NC1CCc2n[nH]c(=O)cc2C1. The second-order valence-corrected chi connectivity index (χ2v) is 5.12. The van der Waals surface area contributed by atoms with Crippen LogP contribution < -0.4 is 10.9 Å². The second-order valence-electron chi connectivity index (χ2n) is 5.12. The summed E-state index contributed by atoms with van der Waals surface area (Å²) in [4.78, 5) is 23.5. The van der Waals surface area contributed by atoms with Gasteiger partial charge >= 0.3 is 0 Å². The Morgan fingerprint density at radius 3 is 3.15 bits per heavy atom. The van der Waals surface area contributed by atoms with Crippen LogP contribution in [-0.4, -0.2) is 26.7 Å². The number of hydrogen-bond donors (Lipinski definition) is 2. The quantitative estimate of drug-likeness (QED) is 0.830. The van der Waals surface area contributed by atoms with Crippen LogP contribution in [0.5, 0.6) is 0 Å². The maximum atomic E-state index is 12.2. The van der Waals surface area contributed by atoms with Crippen molar-refractivity contribution in [3.8, 4) is 0 Å². The molecule has 0 aliphatic heterocycles.